The number of carboxylic acid groups (broad SMARTS) is 1. The van der Waals surface area contributed by atoms with Crippen molar-refractivity contribution in [1.29, 1.82) is 0 Å². The van der Waals surface area contributed by atoms with E-state index >= 15 is 0 Å². The fourth-order valence-electron chi connectivity index (χ4n) is 2.20. The van der Waals surface area contributed by atoms with Crippen LogP contribution in [-0.4, -0.2) is 45.2 Å². The minimum atomic E-state index is -0.897. The topological polar surface area (TPSA) is 98.1 Å². The zero-order chi connectivity index (χ0) is 14.0. The predicted molar refractivity (Wildman–Crippen MR) is 66.0 cm³/mol. The van der Waals surface area contributed by atoms with Crippen molar-refractivity contribution in [2.45, 2.75) is 12.8 Å². The summed E-state index contributed by atoms with van der Waals surface area (Å²) in [7, 11) is 0. The first-order chi connectivity index (χ1) is 8.99. The Bertz CT molecular complexity index is 514. The van der Waals surface area contributed by atoms with Crippen LogP contribution in [0.1, 0.15) is 23.2 Å². The Morgan fingerprint density at radius 1 is 1.21 bits per heavy atom. The van der Waals surface area contributed by atoms with Crippen molar-refractivity contribution in [3.05, 3.63) is 23.8 Å². The molecule has 0 radical (unpaired) electrons. The standard InChI is InChI=1S/C13H15NO5/c15-10-4-3-8(6-11(10)16)12(17)14-5-1-2-9(7-14)13(18)19/h3-4,6,9,15-16H,1-2,5,7H2,(H,18,19)/t9-/m0/s1. The Morgan fingerprint density at radius 3 is 2.58 bits per heavy atom. The summed E-state index contributed by atoms with van der Waals surface area (Å²) in [6, 6.07) is 3.82. The zero-order valence-electron chi connectivity index (χ0n) is 10.2. The molecule has 6 heteroatoms. The number of carbonyl (C=O) groups excluding carboxylic acids is 1. The van der Waals surface area contributed by atoms with Gasteiger partial charge in [-0.2, -0.15) is 0 Å². The average Bonchev–Trinajstić information content (AvgIpc) is 2.41. The molecule has 1 aromatic carbocycles. The third-order valence-electron chi connectivity index (χ3n) is 3.28. The largest absolute Gasteiger partial charge is 0.504 e. The number of benzene rings is 1. The van der Waals surface area contributed by atoms with Crippen LogP contribution in [0.15, 0.2) is 18.2 Å². The van der Waals surface area contributed by atoms with E-state index in [9.17, 15) is 19.8 Å². The van der Waals surface area contributed by atoms with E-state index in [2.05, 4.69) is 0 Å². The molecule has 1 saturated heterocycles. The molecule has 0 aromatic heterocycles. The Hall–Kier alpha value is -2.24. The van der Waals surface area contributed by atoms with Crippen molar-refractivity contribution in [2.75, 3.05) is 13.1 Å². The van der Waals surface area contributed by atoms with E-state index in [1.807, 2.05) is 0 Å². The Labute approximate surface area is 109 Å². The molecule has 1 fully saturated rings. The van der Waals surface area contributed by atoms with Crippen molar-refractivity contribution in [2.24, 2.45) is 5.92 Å². The molecule has 3 N–H and O–H groups in total. The summed E-state index contributed by atoms with van der Waals surface area (Å²) in [5.41, 5.74) is 0.237. The summed E-state index contributed by atoms with van der Waals surface area (Å²) in [4.78, 5) is 24.6. The number of rotatable bonds is 2. The fraction of sp³-hybridized carbons (Fsp3) is 0.385. The van der Waals surface area contributed by atoms with Crippen molar-refractivity contribution in [1.82, 2.24) is 4.90 Å². The highest BCUT2D eigenvalue weighted by Crippen LogP contribution is 2.26. The fourth-order valence-corrected chi connectivity index (χ4v) is 2.20. The molecule has 1 aliphatic rings. The van der Waals surface area contributed by atoms with Gasteiger partial charge in [-0.15, -0.1) is 0 Å². The summed E-state index contributed by atoms with van der Waals surface area (Å²) in [6.45, 7) is 0.681. The molecule has 1 aliphatic heterocycles. The van der Waals surface area contributed by atoms with Gasteiger partial charge in [0.2, 0.25) is 0 Å². The van der Waals surface area contributed by atoms with E-state index in [0.29, 0.717) is 19.4 Å². The molecule has 0 aliphatic carbocycles. The summed E-state index contributed by atoms with van der Waals surface area (Å²) < 4.78 is 0. The highest BCUT2D eigenvalue weighted by molar-refractivity contribution is 5.95. The van der Waals surface area contributed by atoms with Gasteiger partial charge in [-0.25, -0.2) is 0 Å². The number of aliphatic carboxylic acids is 1. The molecular weight excluding hydrogens is 250 g/mol. The van der Waals surface area contributed by atoms with Gasteiger partial charge >= 0.3 is 5.97 Å². The third kappa shape index (κ3) is 2.78. The number of carbonyl (C=O) groups is 2. The highest BCUT2D eigenvalue weighted by atomic mass is 16.4. The normalized spacial score (nSPS) is 19.2. The number of likely N-dealkylation sites (tertiary alicyclic amines) is 1. The number of aromatic hydroxyl groups is 2. The van der Waals surface area contributed by atoms with E-state index in [1.165, 1.54) is 23.1 Å². The van der Waals surface area contributed by atoms with Crippen molar-refractivity contribution in [3.63, 3.8) is 0 Å². The second-order valence-electron chi connectivity index (χ2n) is 4.63. The molecule has 0 saturated carbocycles. The van der Waals surface area contributed by atoms with E-state index in [1.54, 1.807) is 0 Å². The first kappa shape index (κ1) is 13.2. The number of hydrogen-bond donors (Lipinski definition) is 3. The molecule has 1 atom stereocenters. The van der Waals surface area contributed by atoms with Crippen LogP contribution in [0.3, 0.4) is 0 Å². The van der Waals surface area contributed by atoms with Crippen molar-refractivity contribution in [3.8, 4) is 11.5 Å². The van der Waals surface area contributed by atoms with E-state index in [0.717, 1.165) is 0 Å². The van der Waals surface area contributed by atoms with Gasteiger partial charge in [-0.05, 0) is 31.0 Å². The second kappa shape index (κ2) is 5.17. The van der Waals surface area contributed by atoms with Crippen LogP contribution in [-0.2, 0) is 4.79 Å². The summed E-state index contributed by atoms with van der Waals surface area (Å²) >= 11 is 0. The van der Waals surface area contributed by atoms with Gasteiger partial charge in [-0.3, -0.25) is 9.59 Å². The van der Waals surface area contributed by atoms with Gasteiger partial charge in [0.05, 0.1) is 5.92 Å². The van der Waals surface area contributed by atoms with Crippen LogP contribution >= 0.6 is 0 Å². The van der Waals surface area contributed by atoms with Crippen LogP contribution in [0.4, 0.5) is 0 Å². The van der Waals surface area contributed by atoms with Gasteiger partial charge in [-0.1, -0.05) is 0 Å². The lowest BCUT2D eigenvalue weighted by Crippen LogP contribution is -2.42. The smallest absolute Gasteiger partial charge is 0.308 e. The van der Waals surface area contributed by atoms with Crippen LogP contribution in [0.2, 0.25) is 0 Å². The lowest BCUT2D eigenvalue weighted by atomic mass is 9.97. The minimum Gasteiger partial charge on any atom is -0.504 e. The Balaban J connectivity index is 2.14. The maximum atomic E-state index is 12.2. The Morgan fingerprint density at radius 2 is 1.95 bits per heavy atom. The molecule has 1 heterocycles. The monoisotopic (exact) mass is 265 g/mol. The number of carboxylic acids is 1. The quantitative estimate of drug-likeness (QED) is 0.694. The number of nitrogens with zero attached hydrogens (tertiary/aromatic N) is 1. The van der Waals surface area contributed by atoms with E-state index in [4.69, 9.17) is 5.11 Å². The van der Waals surface area contributed by atoms with Gasteiger partial charge in [0, 0.05) is 18.7 Å². The third-order valence-corrected chi connectivity index (χ3v) is 3.28. The van der Waals surface area contributed by atoms with Crippen LogP contribution < -0.4 is 0 Å². The molecule has 0 unspecified atom stereocenters. The summed E-state index contributed by atoms with van der Waals surface area (Å²) in [6.07, 6.45) is 1.21. The summed E-state index contributed by atoms with van der Waals surface area (Å²) in [5.74, 6) is -2.42. The molecule has 0 bridgehead atoms. The van der Waals surface area contributed by atoms with Gasteiger partial charge in [0.1, 0.15) is 0 Å². The number of amides is 1. The molecule has 1 aromatic rings. The molecule has 1 amide bonds. The lowest BCUT2D eigenvalue weighted by Gasteiger charge is -2.30. The molecule has 2 rings (SSSR count). The number of phenols is 2. The SMILES string of the molecule is O=C(O)[C@H]1CCCN(C(=O)c2ccc(O)c(O)c2)C1. The molecule has 0 spiro atoms. The Kier molecular flexibility index (Phi) is 3.59. The first-order valence-electron chi connectivity index (χ1n) is 6.03. The molecular formula is C13H15NO5. The highest BCUT2D eigenvalue weighted by Gasteiger charge is 2.28. The minimum absolute atomic E-state index is 0.176. The van der Waals surface area contributed by atoms with Crippen LogP contribution in [0, 0.1) is 5.92 Å². The predicted octanol–water partition coefficient (Wildman–Crippen LogP) is 1.03. The number of hydrogen-bond acceptors (Lipinski definition) is 4. The van der Waals surface area contributed by atoms with Crippen LogP contribution in [0.5, 0.6) is 11.5 Å². The van der Waals surface area contributed by atoms with E-state index in [-0.39, 0.29) is 29.5 Å². The van der Waals surface area contributed by atoms with Gasteiger partial charge in [0.15, 0.2) is 11.5 Å². The number of piperidine rings is 1. The molecule has 102 valence electrons. The van der Waals surface area contributed by atoms with Crippen LogP contribution in [0.25, 0.3) is 0 Å². The van der Waals surface area contributed by atoms with Gasteiger partial charge < -0.3 is 20.2 Å². The van der Waals surface area contributed by atoms with Crippen molar-refractivity contribution >= 4 is 11.9 Å². The van der Waals surface area contributed by atoms with Crippen molar-refractivity contribution < 1.29 is 24.9 Å². The summed E-state index contributed by atoms with van der Waals surface area (Å²) in [5, 5.41) is 27.5. The maximum absolute atomic E-state index is 12.2. The maximum Gasteiger partial charge on any atom is 0.308 e. The number of phenolic OH excluding ortho intramolecular Hbond substituents is 2. The average molecular weight is 265 g/mol. The second-order valence-corrected chi connectivity index (χ2v) is 4.63. The zero-order valence-corrected chi connectivity index (χ0v) is 10.2. The van der Waals surface area contributed by atoms with Gasteiger partial charge in [0.25, 0.3) is 5.91 Å². The molecule has 19 heavy (non-hydrogen) atoms. The van der Waals surface area contributed by atoms with E-state index < -0.39 is 11.9 Å². The lowest BCUT2D eigenvalue weighted by molar-refractivity contribution is -0.143. The first-order valence-corrected chi connectivity index (χ1v) is 6.03. The molecule has 6 nitrogen and oxygen atoms in total.